The van der Waals surface area contributed by atoms with E-state index in [1.54, 1.807) is 16.7 Å². The van der Waals surface area contributed by atoms with Crippen LogP contribution >= 0.6 is 0 Å². The lowest BCUT2D eigenvalue weighted by molar-refractivity contribution is -0.140. The zero-order chi connectivity index (χ0) is 14.0. The van der Waals surface area contributed by atoms with E-state index in [9.17, 15) is 9.59 Å². The Bertz CT molecular complexity index is 499. The Kier molecular flexibility index (Phi) is 3.88. The predicted octanol–water partition coefficient (Wildman–Crippen LogP) is 1.97. The predicted molar refractivity (Wildman–Crippen MR) is 75.0 cm³/mol. The summed E-state index contributed by atoms with van der Waals surface area (Å²) in [6.45, 7) is 6.81. The monoisotopic (exact) mass is 260 g/mol. The highest BCUT2D eigenvalue weighted by Gasteiger charge is 2.34. The van der Waals surface area contributed by atoms with Gasteiger partial charge in [-0.15, -0.1) is 0 Å². The molecular weight excluding hydrogens is 240 g/mol. The number of hydrogen-bond donors (Lipinski definition) is 0. The third kappa shape index (κ3) is 2.62. The molecule has 1 heterocycles. The van der Waals surface area contributed by atoms with Gasteiger partial charge in [0.1, 0.15) is 6.04 Å². The summed E-state index contributed by atoms with van der Waals surface area (Å²) < 4.78 is 0. The van der Waals surface area contributed by atoms with E-state index in [1.165, 1.54) is 0 Å². The molecule has 1 fully saturated rings. The first-order chi connectivity index (χ1) is 9.04. The fourth-order valence-corrected chi connectivity index (χ4v) is 2.47. The van der Waals surface area contributed by atoms with Crippen LogP contribution in [0.2, 0.25) is 0 Å². The quantitative estimate of drug-likeness (QED) is 0.815. The number of anilines is 1. The minimum absolute atomic E-state index is 0.00125. The lowest BCUT2D eigenvalue weighted by Gasteiger charge is -2.39. The first-order valence-corrected chi connectivity index (χ1v) is 6.72. The highest BCUT2D eigenvalue weighted by Crippen LogP contribution is 2.21. The molecule has 1 aliphatic heterocycles. The van der Waals surface area contributed by atoms with Crippen LogP contribution in [0.25, 0.3) is 0 Å². The number of carbonyl (C=O) groups excluding carboxylic acids is 2. The van der Waals surface area contributed by atoms with Crippen LogP contribution in [0.1, 0.15) is 25.8 Å². The number of nitrogens with zero attached hydrogens (tertiary/aromatic N) is 2. The maximum Gasteiger partial charge on any atom is 0.249 e. The topological polar surface area (TPSA) is 40.6 Å². The van der Waals surface area contributed by atoms with Crippen LogP contribution in [0.3, 0.4) is 0 Å². The Hall–Kier alpha value is -1.84. The summed E-state index contributed by atoms with van der Waals surface area (Å²) in [6.07, 6.45) is 0.446. The third-order valence-electron chi connectivity index (χ3n) is 3.59. The summed E-state index contributed by atoms with van der Waals surface area (Å²) in [6, 6.07) is 7.53. The number of benzene rings is 1. The molecule has 2 amide bonds. The molecule has 0 bridgehead atoms. The average molecular weight is 260 g/mol. The molecule has 0 radical (unpaired) electrons. The second-order valence-corrected chi connectivity index (χ2v) is 4.95. The number of rotatable bonds is 2. The van der Waals surface area contributed by atoms with Crippen LogP contribution in [-0.2, 0) is 9.59 Å². The summed E-state index contributed by atoms with van der Waals surface area (Å²) in [5.74, 6) is 0.0448. The van der Waals surface area contributed by atoms with Gasteiger partial charge in [-0.05, 0) is 31.5 Å². The molecule has 1 aliphatic rings. The highest BCUT2D eigenvalue weighted by atomic mass is 16.2. The molecular formula is C15H20N2O2. The molecule has 1 unspecified atom stereocenters. The maximum atomic E-state index is 12.4. The van der Waals surface area contributed by atoms with Crippen molar-refractivity contribution in [3.8, 4) is 0 Å². The zero-order valence-corrected chi connectivity index (χ0v) is 11.7. The van der Waals surface area contributed by atoms with Gasteiger partial charge < -0.3 is 9.80 Å². The van der Waals surface area contributed by atoms with E-state index in [2.05, 4.69) is 0 Å². The Morgan fingerprint density at radius 1 is 1.37 bits per heavy atom. The normalized spacial score (nSPS) is 19.7. The molecule has 2 rings (SSSR count). The molecule has 0 aromatic heterocycles. The van der Waals surface area contributed by atoms with E-state index < -0.39 is 0 Å². The van der Waals surface area contributed by atoms with Crippen molar-refractivity contribution in [2.45, 2.75) is 33.2 Å². The SMILES string of the molecule is CCC(=O)N1CCN(c2cccc(C)c2)C(=O)C1C. The van der Waals surface area contributed by atoms with Crippen LogP contribution in [0, 0.1) is 6.92 Å². The molecule has 0 saturated carbocycles. The molecule has 19 heavy (non-hydrogen) atoms. The van der Waals surface area contributed by atoms with E-state index in [4.69, 9.17) is 0 Å². The Morgan fingerprint density at radius 3 is 2.74 bits per heavy atom. The van der Waals surface area contributed by atoms with E-state index >= 15 is 0 Å². The van der Waals surface area contributed by atoms with Gasteiger partial charge in [-0.2, -0.15) is 0 Å². The molecule has 0 N–H and O–H groups in total. The highest BCUT2D eigenvalue weighted by molar-refractivity contribution is 6.00. The summed E-state index contributed by atoms with van der Waals surface area (Å²) in [4.78, 5) is 27.6. The van der Waals surface area contributed by atoms with Crippen molar-refractivity contribution in [1.29, 1.82) is 0 Å². The van der Waals surface area contributed by atoms with Crippen molar-refractivity contribution in [3.05, 3.63) is 29.8 Å². The van der Waals surface area contributed by atoms with Crippen LogP contribution in [0.4, 0.5) is 5.69 Å². The van der Waals surface area contributed by atoms with Crippen molar-refractivity contribution in [2.75, 3.05) is 18.0 Å². The van der Waals surface area contributed by atoms with Crippen LogP contribution in [0.15, 0.2) is 24.3 Å². The van der Waals surface area contributed by atoms with E-state index in [1.807, 2.05) is 38.1 Å². The van der Waals surface area contributed by atoms with Gasteiger partial charge in [0.25, 0.3) is 0 Å². The fourth-order valence-electron chi connectivity index (χ4n) is 2.47. The lowest BCUT2D eigenvalue weighted by atomic mass is 10.1. The van der Waals surface area contributed by atoms with Gasteiger partial charge >= 0.3 is 0 Å². The summed E-state index contributed by atoms with van der Waals surface area (Å²) in [5, 5.41) is 0. The molecule has 1 saturated heterocycles. The van der Waals surface area contributed by atoms with Crippen LogP contribution in [-0.4, -0.2) is 35.8 Å². The van der Waals surface area contributed by atoms with Crippen molar-refractivity contribution in [3.63, 3.8) is 0 Å². The van der Waals surface area contributed by atoms with Gasteiger partial charge in [-0.1, -0.05) is 19.1 Å². The second-order valence-electron chi connectivity index (χ2n) is 4.95. The molecule has 0 aliphatic carbocycles. The zero-order valence-electron chi connectivity index (χ0n) is 11.7. The standard InChI is InChI=1S/C15H20N2O2/c1-4-14(18)16-8-9-17(15(19)12(16)3)13-7-5-6-11(2)10-13/h5-7,10,12H,4,8-9H2,1-3H3. The summed E-state index contributed by atoms with van der Waals surface area (Å²) in [7, 11) is 0. The van der Waals surface area contributed by atoms with E-state index in [-0.39, 0.29) is 17.9 Å². The van der Waals surface area contributed by atoms with Gasteiger partial charge in [0, 0.05) is 25.2 Å². The van der Waals surface area contributed by atoms with E-state index in [0.29, 0.717) is 19.5 Å². The second kappa shape index (κ2) is 5.43. The largest absolute Gasteiger partial charge is 0.329 e. The molecule has 1 atom stereocenters. The lowest BCUT2D eigenvalue weighted by Crippen LogP contribution is -2.57. The Balaban J connectivity index is 2.20. The molecule has 0 spiro atoms. The maximum absolute atomic E-state index is 12.4. The molecule has 4 heteroatoms. The molecule has 102 valence electrons. The minimum Gasteiger partial charge on any atom is -0.329 e. The summed E-state index contributed by atoms with van der Waals surface area (Å²) in [5.41, 5.74) is 2.05. The van der Waals surface area contributed by atoms with Crippen LogP contribution in [0.5, 0.6) is 0 Å². The van der Waals surface area contributed by atoms with Gasteiger partial charge in [0.15, 0.2) is 0 Å². The van der Waals surface area contributed by atoms with Gasteiger partial charge in [0.2, 0.25) is 11.8 Å². The third-order valence-corrected chi connectivity index (χ3v) is 3.59. The molecule has 1 aromatic carbocycles. The van der Waals surface area contributed by atoms with Gasteiger partial charge in [-0.25, -0.2) is 0 Å². The smallest absolute Gasteiger partial charge is 0.249 e. The summed E-state index contributed by atoms with van der Waals surface area (Å²) >= 11 is 0. The molecule has 4 nitrogen and oxygen atoms in total. The van der Waals surface area contributed by atoms with Crippen molar-refractivity contribution in [2.24, 2.45) is 0 Å². The van der Waals surface area contributed by atoms with Gasteiger partial charge in [0.05, 0.1) is 0 Å². The fraction of sp³-hybridized carbons (Fsp3) is 0.467. The molecule has 1 aromatic rings. The number of carbonyl (C=O) groups is 2. The van der Waals surface area contributed by atoms with Gasteiger partial charge in [-0.3, -0.25) is 9.59 Å². The first kappa shape index (κ1) is 13.6. The number of piperazine rings is 1. The van der Waals surface area contributed by atoms with Crippen molar-refractivity contribution >= 4 is 17.5 Å². The van der Waals surface area contributed by atoms with Crippen molar-refractivity contribution < 1.29 is 9.59 Å². The Labute approximate surface area is 114 Å². The van der Waals surface area contributed by atoms with Crippen LogP contribution < -0.4 is 4.90 Å². The number of amides is 2. The van der Waals surface area contributed by atoms with Crippen molar-refractivity contribution in [1.82, 2.24) is 4.90 Å². The number of aryl methyl sites for hydroxylation is 1. The minimum atomic E-state index is -0.373. The Morgan fingerprint density at radius 2 is 2.11 bits per heavy atom. The first-order valence-electron chi connectivity index (χ1n) is 6.72. The van der Waals surface area contributed by atoms with E-state index in [0.717, 1.165) is 11.3 Å². The average Bonchev–Trinajstić information content (AvgIpc) is 2.41. The number of hydrogen-bond acceptors (Lipinski definition) is 2.